The maximum absolute atomic E-state index is 14.1. The van der Waals surface area contributed by atoms with Gasteiger partial charge in [-0.15, -0.1) is 0 Å². The Kier molecular flexibility index (Phi) is 5.88. The third-order valence-electron chi connectivity index (χ3n) is 5.43. The zero-order valence-corrected chi connectivity index (χ0v) is 17.1. The molecule has 1 N–H and O–H groups in total. The van der Waals surface area contributed by atoms with Crippen LogP contribution in [0, 0.1) is 18.6 Å². The number of benzene rings is 1. The molecule has 0 aliphatic heterocycles. The van der Waals surface area contributed by atoms with Gasteiger partial charge in [0.1, 0.15) is 17.5 Å². The zero-order chi connectivity index (χ0) is 22.0. The van der Waals surface area contributed by atoms with Gasteiger partial charge in [-0.05, 0) is 44.4 Å². The first-order valence-corrected chi connectivity index (χ1v) is 10.2. The summed E-state index contributed by atoms with van der Waals surface area (Å²) in [6.07, 6.45) is 5.30. The minimum Gasteiger partial charge on any atom is -0.335 e. The molecule has 2 aromatic heterocycles. The predicted octanol–water partition coefficient (Wildman–Crippen LogP) is 3.54. The molecule has 0 bridgehead atoms. The van der Waals surface area contributed by atoms with Crippen LogP contribution in [-0.4, -0.2) is 31.8 Å². The van der Waals surface area contributed by atoms with Crippen molar-refractivity contribution in [2.45, 2.75) is 45.2 Å². The molecule has 1 aliphatic rings. The largest absolute Gasteiger partial charge is 0.335 e. The fourth-order valence-corrected chi connectivity index (χ4v) is 3.57. The summed E-state index contributed by atoms with van der Waals surface area (Å²) in [6.45, 7) is 1.83. The molecule has 1 aromatic carbocycles. The number of hydrogen-bond acceptors (Lipinski definition) is 4. The SMILES string of the molecule is Cc1nc(-c2ccncc2)[nH]c(=O)c1CCC(=O)N(Cc1ccc(F)cc1F)C1CC1. The smallest absolute Gasteiger partial charge is 0.254 e. The van der Waals surface area contributed by atoms with E-state index < -0.39 is 11.6 Å². The Morgan fingerprint density at radius 1 is 1.19 bits per heavy atom. The molecule has 1 aliphatic carbocycles. The molecule has 8 heteroatoms. The molecule has 0 spiro atoms. The molecule has 1 amide bonds. The minimum atomic E-state index is -0.665. The van der Waals surface area contributed by atoms with Crippen molar-refractivity contribution in [2.75, 3.05) is 0 Å². The summed E-state index contributed by atoms with van der Waals surface area (Å²) in [6, 6.07) is 6.94. The van der Waals surface area contributed by atoms with Crippen molar-refractivity contribution in [3.05, 3.63) is 81.5 Å². The second kappa shape index (κ2) is 8.75. The fraction of sp³-hybridized carbons (Fsp3) is 0.304. The number of hydrogen-bond donors (Lipinski definition) is 1. The lowest BCUT2D eigenvalue weighted by Gasteiger charge is -2.23. The molecule has 0 radical (unpaired) electrons. The number of aromatic amines is 1. The Morgan fingerprint density at radius 3 is 2.58 bits per heavy atom. The van der Waals surface area contributed by atoms with E-state index in [1.807, 2.05) is 0 Å². The Morgan fingerprint density at radius 2 is 1.94 bits per heavy atom. The van der Waals surface area contributed by atoms with E-state index in [9.17, 15) is 18.4 Å². The standard InChI is InChI=1S/C23H22F2N4O2/c1-14-19(23(31)28-22(27-14)15-8-10-26-11-9-15)6-7-21(30)29(18-4-5-18)13-16-2-3-17(24)12-20(16)25/h2-3,8-12,18H,4-7,13H2,1H3,(H,27,28,31). The van der Waals surface area contributed by atoms with E-state index in [1.54, 1.807) is 36.4 Å². The molecule has 0 atom stereocenters. The van der Waals surface area contributed by atoms with Gasteiger partial charge in [0.25, 0.3) is 5.56 Å². The van der Waals surface area contributed by atoms with Crippen LogP contribution in [0.15, 0.2) is 47.5 Å². The van der Waals surface area contributed by atoms with E-state index in [2.05, 4.69) is 15.0 Å². The lowest BCUT2D eigenvalue weighted by atomic mass is 10.1. The Hall–Kier alpha value is -3.42. The topological polar surface area (TPSA) is 79.0 Å². The average Bonchev–Trinajstić information content (AvgIpc) is 3.58. The molecule has 6 nitrogen and oxygen atoms in total. The quantitative estimate of drug-likeness (QED) is 0.629. The molecule has 0 saturated heterocycles. The second-order valence-electron chi connectivity index (χ2n) is 7.70. The summed E-state index contributed by atoms with van der Waals surface area (Å²) < 4.78 is 27.2. The van der Waals surface area contributed by atoms with Gasteiger partial charge in [0, 0.05) is 59.9 Å². The van der Waals surface area contributed by atoms with Crippen LogP contribution in [0.25, 0.3) is 11.4 Å². The van der Waals surface area contributed by atoms with Crippen molar-refractivity contribution in [2.24, 2.45) is 0 Å². The number of carbonyl (C=O) groups excluding carboxylic acids is 1. The van der Waals surface area contributed by atoms with Gasteiger partial charge in [-0.1, -0.05) is 6.07 Å². The summed E-state index contributed by atoms with van der Waals surface area (Å²) in [4.78, 5) is 38.3. The van der Waals surface area contributed by atoms with Gasteiger partial charge in [-0.25, -0.2) is 13.8 Å². The van der Waals surface area contributed by atoms with E-state index in [4.69, 9.17) is 0 Å². The van der Waals surface area contributed by atoms with Crippen LogP contribution in [0.2, 0.25) is 0 Å². The lowest BCUT2D eigenvalue weighted by molar-refractivity contribution is -0.132. The highest BCUT2D eigenvalue weighted by Gasteiger charge is 2.33. The third kappa shape index (κ3) is 4.84. The summed E-state index contributed by atoms with van der Waals surface area (Å²) in [5.41, 5.74) is 1.76. The zero-order valence-electron chi connectivity index (χ0n) is 17.1. The lowest BCUT2D eigenvalue weighted by Crippen LogP contribution is -2.33. The highest BCUT2D eigenvalue weighted by Crippen LogP contribution is 2.30. The molecular weight excluding hydrogens is 402 g/mol. The predicted molar refractivity (Wildman–Crippen MR) is 111 cm³/mol. The molecule has 3 aromatic rings. The fourth-order valence-electron chi connectivity index (χ4n) is 3.57. The number of H-pyrrole nitrogens is 1. The van der Waals surface area contributed by atoms with Crippen LogP contribution in [0.5, 0.6) is 0 Å². The summed E-state index contributed by atoms with van der Waals surface area (Å²) in [5, 5.41) is 0. The number of amides is 1. The maximum atomic E-state index is 14.1. The molecule has 1 saturated carbocycles. The number of carbonyl (C=O) groups is 1. The first-order valence-electron chi connectivity index (χ1n) is 10.2. The molecule has 160 valence electrons. The number of aryl methyl sites for hydroxylation is 1. The van der Waals surface area contributed by atoms with Crippen molar-refractivity contribution in [1.82, 2.24) is 19.9 Å². The summed E-state index contributed by atoms with van der Waals surface area (Å²) in [7, 11) is 0. The highest BCUT2D eigenvalue weighted by atomic mass is 19.1. The number of nitrogens with zero attached hydrogens (tertiary/aromatic N) is 3. The third-order valence-corrected chi connectivity index (χ3v) is 5.43. The van der Waals surface area contributed by atoms with Crippen LogP contribution >= 0.6 is 0 Å². The van der Waals surface area contributed by atoms with Crippen molar-refractivity contribution < 1.29 is 13.6 Å². The van der Waals surface area contributed by atoms with Crippen LogP contribution in [0.4, 0.5) is 8.78 Å². The normalized spacial score (nSPS) is 13.3. The van der Waals surface area contributed by atoms with E-state index in [0.717, 1.165) is 24.5 Å². The number of halogens is 2. The van der Waals surface area contributed by atoms with Gasteiger partial charge in [0.2, 0.25) is 5.91 Å². The van der Waals surface area contributed by atoms with E-state index in [0.29, 0.717) is 17.1 Å². The Labute approximate surface area is 178 Å². The monoisotopic (exact) mass is 424 g/mol. The summed E-state index contributed by atoms with van der Waals surface area (Å²) >= 11 is 0. The minimum absolute atomic E-state index is 0.0588. The van der Waals surface area contributed by atoms with Gasteiger partial charge in [-0.2, -0.15) is 0 Å². The number of pyridine rings is 1. The van der Waals surface area contributed by atoms with Crippen LogP contribution in [0.3, 0.4) is 0 Å². The maximum Gasteiger partial charge on any atom is 0.254 e. The van der Waals surface area contributed by atoms with Gasteiger partial charge in [0.15, 0.2) is 0 Å². The van der Waals surface area contributed by atoms with E-state index in [-0.39, 0.29) is 42.5 Å². The average molecular weight is 424 g/mol. The van der Waals surface area contributed by atoms with Crippen LogP contribution in [0.1, 0.15) is 36.1 Å². The number of aromatic nitrogens is 3. The summed E-state index contributed by atoms with van der Waals surface area (Å²) in [5.74, 6) is -1.03. The Bertz CT molecular complexity index is 1160. The van der Waals surface area contributed by atoms with Crippen molar-refractivity contribution in [1.29, 1.82) is 0 Å². The second-order valence-corrected chi connectivity index (χ2v) is 7.70. The van der Waals surface area contributed by atoms with Gasteiger partial charge < -0.3 is 9.88 Å². The molecule has 1 fully saturated rings. The van der Waals surface area contributed by atoms with Gasteiger partial charge >= 0.3 is 0 Å². The first-order chi connectivity index (χ1) is 14.9. The van der Waals surface area contributed by atoms with E-state index in [1.165, 1.54) is 12.1 Å². The van der Waals surface area contributed by atoms with Crippen molar-refractivity contribution in [3.8, 4) is 11.4 Å². The highest BCUT2D eigenvalue weighted by molar-refractivity contribution is 5.77. The molecule has 2 heterocycles. The van der Waals surface area contributed by atoms with Crippen LogP contribution in [-0.2, 0) is 17.8 Å². The molecular formula is C23H22F2N4O2. The molecule has 0 unspecified atom stereocenters. The molecule has 4 rings (SSSR count). The number of nitrogens with one attached hydrogen (secondary N) is 1. The van der Waals surface area contributed by atoms with Gasteiger partial charge in [0.05, 0.1) is 0 Å². The number of rotatable bonds is 7. The molecule has 31 heavy (non-hydrogen) atoms. The van der Waals surface area contributed by atoms with Gasteiger partial charge in [-0.3, -0.25) is 14.6 Å². The van der Waals surface area contributed by atoms with E-state index >= 15 is 0 Å². The first kappa shape index (κ1) is 20.8. The Balaban J connectivity index is 1.47. The van der Waals surface area contributed by atoms with Crippen molar-refractivity contribution in [3.63, 3.8) is 0 Å². The van der Waals surface area contributed by atoms with Crippen molar-refractivity contribution >= 4 is 5.91 Å². The van der Waals surface area contributed by atoms with Crippen LogP contribution < -0.4 is 5.56 Å².